The summed E-state index contributed by atoms with van der Waals surface area (Å²) in [5.41, 5.74) is 1.11. The lowest BCUT2D eigenvalue weighted by Crippen LogP contribution is -2.34. The van der Waals surface area contributed by atoms with Gasteiger partial charge in [0.15, 0.2) is 0 Å². The lowest BCUT2D eigenvalue weighted by molar-refractivity contribution is 0.0218. The number of fused-ring (bicyclic) bond motifs is 1. The zero-order valence-corrected chi connectivity index (χ0v) is 8.39. The standard InChI is InChI=1S/C11H13N3O/c1-2-5-14-9(3-1)7-13-11(14)10-8-12-4-6-15-10/h1-3,5,7,10,12H,4,6,8H2. The minimum atomic E-state index is 0.0728. The van der Waals surface area contributed by atoms with Gasteiger partial charge in [-0.05, 0) is 12.1 Å². The van der Waals surface area contributed by atoms with Crippen LogP contribution in [0.4, 0.5) is 0 Å². The summed E-state index contributed by atoms with van der Waals surface area (Å²) in [5, 5.41) is 3.31. The van der Waals surface area contributed by atoms with Gasteiger partial charge in [0.25, 0.3) is 0 Å². The molecule has 0 bridgehead atoms. The van der Waals surface area contributed by atoms with E-state index in [1.165, 1.54) is 0 Å². The fraction of sp³-hybridized carbons (Fsp3) is 0.364. The fourth-order valence-electron chi connectivity index (χ4n) is 1.93. The van der Waals surface area contributed by atoms with E-state index < -0.39 is 0 Å². The molecule has 2 aromatic heterocycles. The summed E-state index contributed by atoms with van der Waals surface area (Å²) in [6.07, 6.45) is 3.98. The molecular weight excluding hydrogens is 190 g/mol. The third-order valence-corrected chi connectivity index (χ3v) is 2.68. The van der Waals surface area contributed by atoms with Gasteiger partial charge in [0.2, 0.25) is 0 Å². The summed E-state index contributed by atoms with van der Waals surface area (Å²) in [7, 11) is 0. The van der Waals surface area contributed by atoms with Crippen molar-refractivity contribution >= 4 is 5.52 Å². The van der Waals surface area contributed by atoms with Crippen LogP contribution in [0.3, 0.4) is 0 Å². The van der Waals surface area contributed by atoms with E-state index in [0.717, 1.165) is 31.0 Å². The third-order valence-electron chi connectivity index (χ3n) is 2.68. The molecule has 0 aliphatic carbocycles. The second-order valence-corrected chi connectivity index (χ2v) is 3.68. The van der Waals surface area contributed by atoms with Crippen molar-refractivity contribution in [2.24, 2.45) is 0 Å². The molecule has 3 rings (SSSR count). The van der Waals surface area contributed by atoms with E-state index in [-0.39, 0.29) is 6.10 Å². The predicted molar refractivity (Wildman–Crippen MR) is 56.8 cm³/mol. The molecule has 0 spiro atoms. The molecule has 1 aliphatic heterocycles. The van der Waals surface area contributed by atoms with Gasteiger partial charge in [0.05, 0.1) is 18.3 Å². The predicted octanol–water partition coefficient (Wildman–Crippen LogP) is 0.995. The number of morpholine rings is 1. The SMILES string of the molecule is c1ccn2c(C3CNCCO3)ncc2c1. The quantitative estimate of drug-likeness (QED) is 0.751. The number of ether oxygens (including phenoxy) is 1. The first-order chi connectivity index (χ1) is 7.45. The van der Waals surface area contributed by atoms with Gasteiger partial charge in [-0.1, -0.05) is 6.07 Å². The number of rotatable bonds is 1. The molecule has 0 amide bonds. The second-order valence-electron chi connectivity index (χ2n) is 3.68. The highest BCUT2D eigenvalue weighted by atomic mass is 16.5. The molecule has 78 valence electrons. The highest BCUT2D eigenvalue weighted by Crippen LogP contribution is 2.18. The van der Waals surface area contributed by atoms with E-state index >= 15 is 0 Å². The number of hydrogen-bond donors (Lipinski definition) is 1. The van der Waals surface area contributed by atoms with Crippen LogP contribution in [0.1, 0.15) is 11.9 Å². The van der Waals surface area contributed by atoms with Crippen LogP contribution in [-0.4, -0.2) is 29.1 Å². The van der Waals surface area contributed by atoms with Crippen molar-refractivity contribution in [3.8, 4) is 0 Å². The highest BCUT2D eigenvalue weighted by Gasteiger charge is 2.19. The summed E-state index contributed by atoms with van der Waals surface area (Å²) >= 11 is 0. The Balaban J connectivity index is 2.02. The Morgan fingerprint density at radius 3 is 3.33 bits per heavy atom. The first kappa shape index (κ1) is 8.88. The summed E-state index contributed by atoms with van der Waals surface area (Å²) in [5.74, 6) is 0.984. The van der Waals surface area contributed by atoms with Crippen LogP contribution in [0, 0.1) is 0 Å². The monoisotopic (exact) mass is 203 g/mol. The Morgan fingerprint density at radius 2 is 2.47 bits per heavy atom. The molecule has 0 saturated carbocycles. The zero-order chi connectivity index (χ0) is 10.1. The number of pyridine rings is 1. The molecule has 1 aliphatic rings. The molecule has 1 saturated heterocycles. The van der Waals surface area contributed by atoms with E-state index in [9.17, 15) is 0 Å². The molecule has 1 unspecified atom stereocenters. The topological polar surface area (TPSA) is 38.6 Å². The minimum absolute atomic E-state index is 0.0728. The fourth-order valence-corrected chi connectivity index (χ4v) is 1.93. The van der Waals surface area contributed by atoms with Crippen LogP contribution < -0.4 is 5.32 Å². The number of nitrogens with zero attached hydrogens (tertiary/aromatic N) is 2. The van der Waals surface area contributed by atoms with Gasteiger partial charge in [0, 0.05) is 19.3 Å². The van der Waals surface area contributed by atoms with Gasteiger partial charge in [-0.2, -0.15) is 0 Å². The van der Waals surface area contributed by atoms with E-state index in [0.29, 0.717) is 0 Å². The van der Waals surface area contributed by atoms with Gasteiger partial charge in [-0.25, -0.2) is 4.98 Å². The van der Waals surface area contributed by atoms with E-state index in [2.05, 4.69) is 14.7 Å². The lowest BCUT2D eigenvalue weighted by atomic mass is 10.3. The Kier molecular flexibility index (Phi) is 2.16. The Morgan fingerprint density at radius 1 is 1.47 bits per heavy atom. The average Bonchev–Trinajstić information content (AvgIpc) is 2.74. The highest BCUT2D eigenvalue weighted by molar-refractivity contribution is 5.45. The summed E-state index contributed by atoms with van der Waals surface area (Å²) in [6, 6.07) is 6.07. The Labute approximate surface area is 87.9 Å². The number of nitrogens with one attached hydrogen (secondary N) is 1. The van der Waals surface area contributed by atoms with Crippen LogP contribution in [0.2, 0.25) is 0 Å². The Bertz CT molecular complexity index is 460. The van der Waals surface area contributed by atoms with Crippen molar-refractivity contribution in [2.75, 3.05) is 19.7 Å². The normalized spacial score (nSPS) is 22.0. The minimum Gasteiger partial charge on any atom is -0.368 e. The maximum Gasteiger partial charge on any atom is 0.143 e. The Hall–Kier alpha value is -1.39. The number of imidazole rings is 1. The van der Waals surface area contributed by atoms with Gasteiger partial charge in [-0.3, -0.25) is 0 Å². The van der Waals surface area contributed by atoms with Crippen molar-refractivity contribution in [1.29, 1.82) is 0 Å². The van der Waals surface area contributed by atoms with Crippen molar-refractivity contribution < 1.29 is 4.74 Å². The van der Waals surface area contributed by atoms with Gasteiger partial charge in [-0.15, -0.1) is 0 Å². The van der Waals surface area contributed by atoms with Crippen LogP contribution in [0.5, 0.6) is 0 Å². The van der Waals surface area contributed by atoms with Crippen LogP contribution in [-0.2, 0) is 4.74 Å². The average molecular weight is 203 g/mol. The number of aromatic nitrogens is 2. The first-order valence-electron chi connectivity index (χ1n) is 5.19. The maximum atomic E-state index is 5.68. The van der Waals surface area contributed by atoms with Gasteiger partial charge < -0.3 is 14.5 Å². The molecule has 15 heavy (non-hydrogen) atoms. The molecule has 2 aromatic rings. The van der Waals surface area contributed by atoms with E-state index in [1.54, 1.807) is 0 Å². The largest absolute Gasteiger partial charge is 0.368 e. The van der Waals surface area contributed by atoms with Gasteiger partial charge in [0.1, 0.15) is 11.9 Å². The van der Waals surface area contributed by atoms with Gasteiger partial charge >= 0.3 is 0 Å². The van der Waals surface area contributed by atoms with Crippen molar-refractivity contribution in [2.45, 2.75) is 6.10 Å². The van der Waals surface area contributed by atoms with Crippen molar-refractivity contribution in [3.05, 3.63) is 36.4 Å². The molecular formula is C11H13N3O. The molecule has 0 radical (unpaired) electrons. The summed E-state index contributed by atoms with van der Waals surface area (Å²) in [4.78, 5) is 4.42. The lowest BCUT2D eigenvalue weighted by Gasteiger charge is -2.22. The molecule has 4 nitrogen and oxygen atoms in total. The van der Waals surface area contributed by atoms with Crippen molar-refractivity contribution in [3.63, 3.8) is 0 Å². The van der Waals surface area contributed by atoms with Crippen LogP contribution in [0.15, 0.2) is 30.6 Å². The van der Waals surface area contributed by atoms with Crippen LogP contribution in [0.25, 0.3) is 5.52 Å². The number of hydrogen-bond acceptors (Lipinski definition) is 3. The molecule has 1 atom stereocenters. The summed E-state index contributed by atoms with van der Waals surface area (Å²) in [6.45, 7) is 2.53. The first-order valence-corrected chi connectivity index (χ1v) is 5.19. The molecule has 1 fully saturated rings. The van der Waals surface area contributed by atoms with E-state index in [1.807, 2.05) is 30.6 Å². The molecule has 4 heteroatoms. The second kappa shape index (κ2) is 3.64. The van der Waals surface area contributed by atoms with Crippen LogP contribution >= 0.6 is 0 Å². The molecule has 1 N–H and O–H groups in total. The smallest absolute Gasteiger partial charge is 0.143 e. The van der Waals surface area contributed by atoms with Crippen molar-refractivity contribution in [1.82, 2.24) is 14.7 Å². The molecule has 0 aromatic carbocycles. The summed E-state index contributed by atoms with van der Waals surface area (Å²) < 4.78 is 7.77. The van der Waals surface area contributed by atoms with E-state index in [4.69, 9.17) is 4.74 Å². The third kappa shape index (κ3) is 1.52. The molecule has 3 heterocycles. The zero-order valence-electron chi connectivity index (χ0n) is 8.39. The maximum absolute atomic E-state index is 5.68.